The van der Waals surface area contributed by atoms with Gasteiger partial charge in [-0.2, -0.15) is 13.2 Å². The van der Waals surface area contributed by atoms with Gasteiger partial charge in [-0.05, 0) is 42.2 Å². The second-order valence-corrected chi connectivity index (χ2v) is 7.53. The van der Waals surface area contributed by atoms with E-state index >= 15 is 0 Å². The van der Waals surface area contributed by atoms with Gasteiger partial charge in [0.1, 0.15) is 11.1 Å². The fraction of sp³-hybridized carbons (Fsp3) is 0.476. The number of hydrogen-bond donors (Lipinski definition) is 2. The number of nitrogens with one attached hydrogen (secondary N) is 2. The minimum Gasteiger partial charge on any atom is -0.351 e. The van der Waals surface area contributed by atoms with Crippen molar-refractivity contribution in [2.45, 2.75) is 58.5 Å². The standard InChI is InChI=1S/C15H12ClF3N2O.C6H14/c1-2-14(15(17,18)19)9-5-6-20-13(22)12(9)21-11-4-3-8(16)7-10(11)14;1-4-6(3)5-2/h3-7,21H,2H2,1H3,(H,20,22);6H,4-5H2,1-3H3. The Morgan fingerprint density at radius 3 is 2.25 bits per heavy atom. The van der Waals surface area contributed by atoms with Crippen molar-refractivity contribution in [1.82, 2.24) is 4.98 Å². The summed E-state index contributed by atoms with van der Waals surface area (Å²) >= 11 is 5.91. The topological polar surface area (TPSA) is 44.9 Å². The van der Waals surface area contributed by atoms with Crippen molar-refractivity contribution >= 4 is 23.0 Å². The van der Waals surface area contributed by atoms with Crippen molar-refractivity contribution < 1.29 is 13.2 Å². The van der Waals surface area contributed by atoms with E-state index in [2.05, 4.69) is 31.1 Å². The van der Waals surface area contributed by atoms with Crippen molar-refractivity contribution in [3.8, 4) is 0 Å². The number of halogens is 4. The van der Waals surface area contributed by atoms with E-state index in [0.717, 1.165) is 5.92 Å². The summed E-state index contributed by atoms with van der Waals surface area (Å²) in [6, 6.07) is 5.56. The molecule has 28 heavy (non-hydrogen) atoms. The fourth-order valence-corrected chi connectivity index (χ4v) is 3.56. The molecule has 1 aromatic carbocycles. The van der Waals surface area contributed by atoms with Crippen LogP contribution in [0.1, 0.15) is 58.1 Å². The molecule has 1 atom stereocenters. The normalized spacial score (nSPS) is 17.9. The Hall–Kier alpha value is -1.95. The Labute approximate surface area is 168 Å². The maximum absolute atomic E-state index is 14.0. The van der Waals surface area contributed by atoms with Crippen molar-refractivity contribution in [1.29, 1.82) is 0 Å². The predicted molar refractivity (Wildman–Crippen MR) is 109 cm³/mol. The van der Waals surface area contributed by atoms with Crippen LogP contribution in [-0.2, 0) is 5.41 Å². The third kappa shape index (κ3) is 3.93. The Kier molecular flexibility index (Phi) is 6.86. The molecule has 2 aromatic rings. The van der Waals surface area contributed by atoms with Crippen LogP contribution in [0.3, 0.4) is 0 Å². The average Bonchev–Trinajstić information content (AvgIpc) is 2.66. The number of pyridine rings is 1. The minimum absolute atomic E-state index is 0.0353. The van der Waals surface area contributed by atoms with Crippen molar-refractivity contribution in [2.24, 2.45) is 5.92 Å². The van der Waals surface area contributed by atoms with Crippen LogP contribution in [0.15, 0.2) is 35.3 Å². The molecular weight excluding hydrogens is 389 g/mol. The van der Waals surface area contributed by atoms with Gasteiger partial charge in [0.2, 0.25) is 0 Å². The molecule has 154 valence electrons. The third-order valence-electron chi connectivity index (χ3n) is 5.53. The number of anilines is 2. The number of alkyl halides is 3. The van der Waals surface area contributed by atoms with Crippen molar-refractivity contribution in [3.63, 3.8) is 0 Å². The van der Waals surface area contributed by atoms with Gasteiger partial charge >= 0.3 is 6.18 Å². The van der Waals surface area contributed by atoms with Crippen LogP contribution in [0.4, 0.5) is 24.5 Å². The van der Waals surface area contributed by atoms with Gasteiger partial charge in [0.05, 0.1) is 0 Å². The summed E-state index contributed by atoms with van der Waals surface area (Å²) in [5, 5.41) is 3.01. The largest absolute Gasteiger partial charge is 0.402 e. The first-order chi connectivity index (χ1) is 13.1. The molecule has 7 heteroatoms. The second kappa shape index (κ2) is 8.60. The number of aromatic amines is 1. The van der Waals surface area contributed by atoms with Gasteiger partial charge in [-0.15, -0.1) is 0 Å². The number of benzene rings is 1. The highest BCUT2D eigenvalue weighted by Crippen LogP contribution is 2.55. The van der Waals surface area contributed by atoms with E-state index in [1.807, 2.05) is 0 Å². The molecular formula is C21H26ClF3N2O. The monoisotopic (exact) mass is 414 g/mol. The molecule has 1 aliphatic rings. The molecule has 0 spiro atoms. The quantitative estimate of drug-likeness (QED) is 0.581. The maximum atomic E-state index is 14.0. The van der Waals surface area contributed by atoms with Gasteiger partial charge in [-0.25, -0.2) is 0 Å². The summed E-state index contributed by atoms with van der Waals surface area (Å²) < 4.78 is 42.1. The highest BCUT2D eigenvalue weighted by Gasteiger charge is 2.59. The van der Waals surface area contributed by atoms with Crippen LogP contribution in [0.25, 0.3) is 0 Å². The minimum atomic E-state index is -4.56. The molecule has 1 aliphatic heterocycles. The number of rotatable bonds is 3. The van der Waals surface area contributed by atoms with Gasteiger partial charge in [0, 0.05) is 22.5 Å². The molecule has 0 saturated heterocycles. The summed E-state index contributed by atoms with van der Waals surface area (Å²) in [7, 11) is 0. The van der Waals surface area contributed by atoms with E-state index in [4.69, 9.17) is 11.6 Å². The first-order valence-electron chi connectivity index (χ1n) is 9.48. The molecule has 0 saturated carbocycles. The van der Waals surface area contributed by atoms with Gasteiger partial charge in [-0.3, -0.25) is 4.79 Å². The first kappa shape index (κ1) is 22.3. The van der Waals surface area contributed by atoms with E-state index in [0.29, 0.717) is 0 Å². The molecule has 1 unspecified atom stereocenters. The Morgan fingerprint density at radius 1 is 1.11 bits per heavy atom. The molecule has 0 amide bonds. The van der Waals surface area contributed by atoms with E-state index in [1.54, 1.807) is 0 Å². The molecule has 0 radical (unpaired) electrons. The molecule has 2 N–H and O–H groups in total. The van der Waals surface area contributed by atoms with Crippen LogP contribution in [-0.4, -0.2) is 11.2 Å². The molecule has 3 nitrogen and oxygen atoms in total. The Balaban J connectivity index is 0.000000409. The van der Waals surface area contributed by atoms with Gasteiger partial charge in [-0.1, -0.05) is 52.1 Å². The predicted octanol–water partition coefficient (Wildman–Crippen LogP) is 6.79. The lowest BCUT2D eigenvalue weighted by atomic mass is 9.69. The van der Waals surface area contributed by atoms with E-state index in [1.165, 1.54) is 50.2 Å². The highest BCUT2D eigenvalue weighted by molar-refractivity contribution is 6.30. The smallest absolute Gasteiger partial charge is 0.351 e. The zero-order valence-corrected chi connectivity index (χ0v) is 17.3. The highest BCUT2D eigenvalue weighted by atomic mass is 35.5. The Bertz CT molecular complexity index is 875. The van der Waals surface area contributed by atoms with E-state index in [-0.39, 0.29) is 33.9 Å². The Morgan fingerprint density at radius 2 is 1.75 bits per heavy atom. The lowest BCUT2D eigenvalue weighted by molar-refractivity contribution is -0.179. The summed E-state index contributed by atoms with van der Waals surface area (Å²) in [6.45, 7) is 8.19. The summed E-state index contributed by atoms with van der Waals surface area (Å²) in [5.41, 5.74) is -2.72. The van der Waals surface area contributed by atoms with E-state index in [9.17, 15) is 18.0 Å². The van der Waals surface area contributed by atoms with E-state index < -0.39 is 17.2 Å². The zero-order chi connectivity index (χ0) is 21.1. The molecule has 0 fully saturated rings. The van der Waals surface area contributed by atoms with Gasteiger partial charge in [0.15, 0.2) is 0 Å². The molecule has 0 aliphatic carbocycles. The average molecular weight is 415 g/mol. The lowest BCUT2D eigenvalue weighted by Gasteiger charge is -2.41. The number of fused-ring (bicyclic) bond motifs is 2. The number of aromatic nitrogens is 1. The molecule has 2 heterocycles. The van der Waals surface area contributed by atoms with Crippen molar-refractivity contribution in [3.05, 3.63) is 57.0 Å². The van der Waals surface area contributed by atoms with Crippen LogP contribution < -0.4 is 10.9 Å². The summed E-state index contributed by atoms with van der Waals surface area (Å²) in [6.07, 6.45) is -0.907. The van der Waals surface area contributed by atoms with Crippen LogP contribution in [0, 0.1) is 5.92 Å². The number of H-pyrrole nitrogens is 1. The molecule has 0 bridgehead atoms. The summed E-state index contributed by atoms with van der Waals surface area (Å²) in [4.78, 5) is 14.4. The van der Waals surface area contributed by atoms with Gasteiger partial charge < -0.3 is 10.3 Å². The summed E-state index contributed by atoms with van der Waals surface area (Å²) in [5.74, 6) is 0.935. The second-order valence-electron chi connectivity index (χ2n) is 7.09. The first-order valence-corrected chi connectivity index (χ1v) is 9.86. The maximum Gasteiger partial charge on any atom is 0.402 e. The van der Waals surface area contributed by atoms with Crippen LogP contribution in [0.5, 0.6) is 0 Å². The SMILES string of the molecule is CCC(C)CC.CCC1(C(F)(F)F)c2cc(Cl)ccc2Nc2c1cc[nH]c2=O. The van der Waals surface area contributed by atoms with Crippen molar-refractivity contribution in [2.75, 3.05) is 5.32 Å². The van der Waals surface area contributed by atoms with Gasteiger partial charge in [0.25, 0.3) is 5.56 Å². The molecule has 3 rings (SSSR count). The number of hydrogen-bond acceptors (Lipinski definition) is 2. The molecule has 1 aromatic heterocycles. The lowest BCUT2D eigenvalue weighted by Crippen LogP contribution is -2.46. The fourth-order valence-electron chi connectivity index (χ4n) is 3.39. The van der Waals surface area contributed by atoms with Crippen LogP contribution >= 0.6 is 11.6 Å². The van der Waals surface area contributed by atoms with Crippen LogP contribution in [0.2, 0.25) is 5.02 Å². The third-order valence-corrected chi connectivity index (χ3v) is 5.76. The zero-order valence-electron chi connectivity index (χ0n) is 16.5.